The third-order valence-corrected chi connectivity index (χ3v) is 3.22. The molecule has 13 heavy (non-hydrogen) atoms. The van der Waals surface area contributed by atoms with Gasteiger partial charge in [0.15, 0.2) is 15.8 Å². The second kappa shape index (κ2) is 7.30. The number of hydrogen-bond acceptors (Lipinski definition) is 2. The molecule has 0 aliphatic carbocycles. The third-order valence-electron chi connectivity index (χ3n) is 1.98. The van der Waals surface area contributed by atoms with Gasteiger partial charge in [-0.15, -0.1) is 0 Å². The Balaban J connectivity index is 3.26. The minimum absolute atomic E-state index is 0.00955. The van der Waals surface area contributed by atoms with Crippen molar-refractivity contribution in [3.63, 3.8) is 0 Å². The van der Waals surface area contributed by atoms with E-state index in [1.165, 1.54) is 12.8 Å². The van der Waals surface area contributed by atoms with E-state index in [2.05, 4.69) is 6.92 Å². The Morgan fingerprint density at radius 2 is 1.54 bits per heavy atom. The minimum Gasteiger partial charge on any atom is -0.234 e. The number of alkyl halides is 1. The van der Waals surface area contributed by atoms with E-state index < -0.39 is 15.8 Å². The molecule has 0 aromatic carbocycles. The highest BCUT2D eigenvalue weighted by molar-refractivity contribution is 7.91. The van der Waals surface area contributed by atoms with Crippen molar-refractivity contribution in [2.45, 2.75) is 45.4 Å². The quantitative estimate of drug-likeness (QED) is 0.577. The Hall–Kier alpha value is -0.120. The Morgan fingerprint density at radius 3 is 2.08 bits per heavy atom. The van der Waals surface area contributed by atoms with E-state index in [4.69, 9.17) is 0 Å². The summed E-state index contributed by atoms with van der Waals surface area (Å²) in [6.07, 6.45) is 6.12. The van der Waals surface area contributed by atoms with Gasteiger partial charge in [-0.1, -0.05) is 39.0 Å². The first-order chi connectivity index (χ1) is 6.12. The van der Waals surface area contributed by atoms with Gasteiger partial charge in [0.2, 0.25) is 0 Å². The Morgan fingerprint density at radius 1 is 1.00 bits per heavy atom. The molecule has 0 fully saturated rings. The summed E-state index contributed by atoms with van der Waals surface area (Å²) < 4.78 is 33.2. The van der Waals surface area contributed by atoms with E-state index in [0.29, 0.717) is 6.42 Å². The maximum absolute atomic E-state index is 11.8. The van der Waals surface area contributed by atoms with Gasteiger partial charge in [0.25, 0.3) is 0 Å². The molecule has 4 heteroatoms. The van der Waals surface area contributed by atoms with Crippen LogP contribution in [0.2, 0.25) is 0 Å². The summed E-state index contributed by atoms with van der Waals surface area (Å²) in [5, 5.41) is 0. The fourth-order valence-corrected chi connectivity index (χ4v) is 1.91. The van der Waals surface area contributed by atoms with Crippen LogP contribution in [0, 0.1) is 0 Å². The van der Waals surface area contributed by atoms with Crippen LogP contribution in [0.4, 0.5) is 4.39 Å². The van der Waals surface area contributed by atoms with Crippen molar-refractivity contribution in [2.75, 3.05) is 11.8 Å². The SMILES string of the molecule is CCCCCCCCS(=O)(=O)CF. The molecule has 0 N–H and O–H groups in total. The van der Waals surface area contributed by atoms with Crippen molar-refractivity contribution < 1.29 is 12.8 Å². The van der Waals surface area contributed by atoms with Gasteiger partial charge in [-0.3, -0.25) is 0 Å². The summed E-state index contributed by atoms with van der Waals surface area (Å²) in [6.45, 7) is 2.13. The molecular formula is C9H19FO2S. The molecule has 0 bridgehead atoms. The normalized spacial score (nSPS) is 11.8. The third kappa shape index (κ3) is 8.22. The lowest BCUT2D eigenvalue weighted by Crippen LogP contribution is -2.07. The van der Waals surface area contributed by atoms with Crippen LogP contribution in [-0.4, -0.2) is 20.2 Å². The summed E-state index contributed by atoms with van der Waals surface area (Å²) in [6, 6.07) is -1.21. The van der Waals surface area contributed by atoms with Gasteiger partial charge >= 0.3 is 0 Å². The molecule has 0 spiro atoms. The predicted octanol–water partition coefficient (Wildman–Crippen LogP) is 2.69. The standard InChI is InChI=1S/C9H19FO2S/c1-2-3-4-5-6-7-8-13(11,12)9-10/h2-9H2,1H3. The maximum Gasteiger partial charge on any atom is 0.190 e. The largest absolute Gasteiger partial charge is 0.234 e. The van der Waals surface area contributed by atoms with Gasteiger partial charge in [-0.2, -0.15) is 0 Å². The smallest absolute Gasteiger partial charge is 0.190 e. The Kier molecular flexibility index (Phi) is 7.23. The van der Waals surface area contributed by atoms with Crippen molar-refractivity contribution in [1.82, 2.24) is 0 Å². The maximum atomic E-state index is 11.8. The first-order valence-electron chi connectivity index (χ1n) is 4.89. The van der Waals surface area contributed by atoms with Gasteiger partial charge in [0, 0.05) is 0 Å². The summed E-state index contributed by atoms with van der Waals surface area (Å²) >= 11 is 0. The first kappa shape index (κ1) is 12.9. The van der Waals surface area contributed by atoms with Gasteiger partial charge in [0.1, 0.15) is 0 Å². The second-order valence-electron chi connectivity index (χ2n) is 3.32. The molecule has 0 aromatic heterocycles. The van der Waals surface area contributed by atoms with Gasteiger partial charge in [0.05, 0.1) is 5.75 Å². The topological polar surface area (TPSA) is 34.1 Å². The van der Waals surface area contributed by atoms with Crippen molar-refractivity contribution >= 4 is 9.84 Å². The van der Waals surface area contributed by atoms with E-state index in [-0.39, 0.29) is 5.75 Å². The van der Waals surface area contributed by atoms with Crippen LogP contribution in [0.25, 0.3) is 0 Å². The molecule has 0 saturated carbocycles. The number of hydrogen-bond donors (Lipinski definition) is 0. The van der Waals surface area contributed by atoms with E-state index in [0.717, 1.165) is 19.3 Å². The fraction of sp³-hybridized carbons (Fsp3) is 1.00. The van der Waals surface area contributed by atoms with E-state index >= 15 is 0 Å². The molecule has 0 unspecified atom stereocenters. The van der Waals surface area contributed by atoms with Crippen LogP contribution >= 0.6 is 0 Å². The van der Waals surface area contributed by atoms with E-state index in [9.17, 15) is 12.8 Å². The van der Waals surface area contributed by atoms with Gasteiger partial charge < -0.3 is 0 Å². The van der Waals surface area contributed by atoms with Crippen LogP contribution < -0.4 is 0 Å². The molecule has 0 aliphatic rings. The predicted molar refractivity (Wildman–Crippen MR) is 53.1 cm³/mol. The molecule has 0 saturated heterocycles. The molecule has 0 heterocycles. The molecule has 80 valence electrons. The zero-order chi connectivity index (χ0) is 10.2. The van der Waals surface area contributed by atoms with Gasteiger partial charge in [-0.05, 0) is 6.42 Å². The van der Waals surface area contributed by atoms with Crippen LogP contribution in [0.1, 0.15) is 45.4 Å². The molecular weight excluding hydrogens is 191 g/mol. The summed E-state index contributed by atoms with van der Waals surface area (Å²) in [4.78, 5) is 0. The molecule has 0 radical (unpaired) electrons. The summed E-state index contributed by atoms with van der Waals surface area (Å²) in [5.41, 5.74) is 0. The molecule has 0 aliphatic heterocycles. The highest BCUT2D eigenvalue weighted by Crippen LogP contribution is 2.06. The number of rotatable bonds is 8. The lowest BCUT2D eigenvalue weighted by Gasteiger charge is -2.00. The Bertz CT molecular complexity index is 200. The second-order valence-corrected chi connectivity index (χ2v) is 5.44. The minimum atomic E-state index is -3.38. The number of halogens is 1. The molecule has 0 aromatic rings. The first-order valence-corrected chi connectivity index (χ1v) is 6.71. The lowest BCUT2D eigenvalue weighted by molar-refractivity contribution is 0.530. The summed E-state index contributed by atoms with van der Waals surface area (Å²) in [5.74, 6) is 0.00955. The van der Waals surface area contributed by atoms with E-state index in [1.807, 2.05) is 0 Å². The molecule has 0 amide bonds. The van der Waals surface area contributed by atoms with E-state index in [1.54, 1.807) is 0 Å². The van der Waals surface area contributed by atoms with Crippen LogP contribution in [-0.2, 0) is 9.84 Å². The zero-order valence-electron chi connectivity index (χ0n) is 8.26. The highest BCUT2D eigenvalue weighted by Gasteiger charge is 2.08. The fourth-order valence-electron chi connectivity index (χ4n) is 1.16. The average molecular weight is 210 g/mol. The van der Waals surface area contributed by atoms with Crippen molar-refractivity contribution in [3.8, 4) is 0 Å². The average Bonchev–Trinajstić information content (AvgIpc) is 2.11. The van der Waals surface area contributed by atoms with Crippen LogP contribution in [0.5, 0.6) is 0 Å². The van der Waals surface area contributed by atoms with Crippen molar-refractivity contribution in [1.29, 1.82) is 0 Å². The number of sulfone groups is 1. The molecule has 0 atom stereocenters. The molecule has 0 rings (SSSR count). The van der Waals surface area contributed by atoms with Crippen molar-refractivity contribution in [2.24, 2.45) is 0 Å². The van der Waals surface area contributed by atoms with Crippen LogP contribution in [0.15, 0.2) is 0 Å². The van der Waals surface area contributed by atoms with Crippen LogP contribution in [0.3, 0.4) is 0 Å². The Labute approximate surface area is 80.4 Å². The molecule has 2 nitrogen and oxygen atoms in total. The zero-order valence-corrected chi connectivity index (χ0v) is 9.08. The monoisotopic (exact) mass is 210 g/mol. The lowest BCUT2D eigenvalue weighted by atomic mass is 10.1. The van der Waals surface area contributed by atoms with Gasteiger partial charge in [-0.25, -0.2) is 12.8 Å². The summed E-state index contributed by atoms with van der Waals surface area (Å²) in [7, 11) is -3.38. The highest BCUT2D eigenvalue weighted by atomic mass is 32.2. The number of unbranched alkanes of at least 4 members (excludes halogenated alkanes) is 5. The van der Waals surface area contributed by atoms with Crippen molar-refractivity contribution in [3.05, 3.63) is 0 Å².